The van der Waals surface area contributed by atoms with Crippen LogP contribution in [0.4, 0.5) is 5.13 Å². The Morgan fingerprint density at radius 3 is 2.33 bits per heavy atom. The summed E-state index contributed by atoms with van der Waals surface area (Å²) in [6.45, 7) is 4.13. The highest BCUT2D eigenvalue weighted by molar-refractivity contribution is 7.14. The van der Waals surface area contributed by atoms with Gasteiger partial charge in [-0.3, -0.25) is 5.43 Å². The molecule has 150 valence electrons. The van der Waals surface area contributed by atoms with Gasteiger partial charge in [-0.25, -0.2) is 4.98 Å². The molecular weight excluding hydrogens is 390 g/mol. The van der Waals surface area contributed by atoms with Gasteiger partial charge in [-0.1, -0.05) is 49.4 Å². The number of aryl methyl sites for hydroxylation is 1. The summed E-state index contributed by atoms with van der Waals surface area (Å²) in [6, 6.07) is 26.2. The number of para-hydroxylation sites is 1. The Labute approximate surface area is 180 Å². The third-order valence-corrected chi connectivity index (χ3v) is 5.48. The van der Waals surface area contributed by atoms with Crippen LogP contribution in [0.3, 0.4) is 0 Å². The molecule has 1 heterocycles. The van der Waals surface area contributed by atoms with E-state index in [9.17, 15) is 0 Å². The lowest BCUT2D eigenvalue weighted by atomic mass is 10.1. The van der Waals surface area contributed by atoms with Gasteiger partial charge in [0.25, 0.3) is 0 Å². The summed E-state index contributed by atoms with van der Waals surface area (Å²) in [7, 11) is 0. The number of hydrogen-bond donors (Lipinski definition) is 1. The molecule has 0 saturated heterocycles. The maximum Gasteiger partial charge on any atom is 0.203 e. The van der Waals surface area contributed by atoms with Gasteiger partial charge in [0.15, 0.2) is 0 Å². The van der Waals surface area contributed by atoms with Gasteiger partial charge >= 0.3 is 0 Å². The molecule has 1 N–H and O–H groups in total. The molecule has 0 spiro atoms. The standard InChI is InChI=1S/C25H23N3OS/c1-3-19-9-11-21(12-10-19)24-17-30-25(26-24)28-27-18(2)20-13-15-23(16-14-20)29-22-7-5-4-6-8-22/h4-17H,3H2,1-2H3,(H,26,28)/b27-18+. The Bertz CT molecular complexity index is 1120. The summed E-state index contributed by atoms with van der Waals surface area (Å²) >= 11 is 1.55. The van der Waals surface area contributed by atoms with Gasteiger partial charge in [-0.05, 0) is 60.9 Å². The molecule has 3 aromatic carbocycles. The van der Waals surface area contributed by atoms with Gasteiger partial charge in [0.2, 0.25) is 5.13 Å². The molecule has 0 aliphatic rings. The SMILES string of the molecule is CCc1ccc(-c2csc(N/N=C(\C)c3ccc(Oc4ccccc4)cc3)n2)cc1. The fourth-order valence-corrected chi connectivity index (χ4v) is 3.62. The van der Waals surface area contributed by atoms with Crippen LogP contribution in [0.1, 0.15) is 25.0 Å². The smallest absolute Gasteiger partial charge is 0.203 e. The molecule has 0 aliphatic carbocycles. The highest BCUT2D eigenvalue weighted by atomic mass is 32.1. The number of ether oxygens (including phenoxy) is 1. The number of thiazole rings is 1. The number of rotatable bonds is 7. The van der Waals surface area contributed by atoms with Crippen molar-refractivity contribution in [1.29, 1.82) is 0 Å². The number of aromatic nitrogens is 1. The topological polar surface area (TPSA) is 46.5 Å². The largest absolute Gasteiger partial charge is 0.457 e. The Morgan fingerprint density at radius 1 is 0.933 bits per heavy atom. The van der Waals surface area contributed by atoms with E-state index >= 15 is 0 Å². The van der Waals surface area contributed by atoms with Crippen LogP contribution in [-0.2, 0) is 6.42 Å². The van der Waals surface area contributed by atoms with Crippen molar-refractivity contribution in [3.8, 4) is 22.8 Å². The van der Waals surface area contributed by atoms with Gasteiger partial charge in [0.05, 0.1) is 11.4 Å². The number of hydrazone groups is 1. The van der Waals surface area contributed by atoms with Crippen LogP contribution in [0.2, 0.25) is 0 Å². The second-order valence-corrected chi connectivity index (χ2v) is 7.69. The van der Waals surface area contributed by atoms with E-state index in [1.54, 1.807) is 11.3 Å². The van der Waals surface area contributed by atoms with Crippen LogP contribution in [0.25, 0.3) is 11.3 Å². The average molecular weight is 414 g/mol. The summed E-state index contributed by atoms with van der Waals surface area (Å²) in [6.07, 6.45) is 1.04. The molecule has 0 aliphatic heterocycles. The van der Waals surface area contributed by atoms with Crippen LogP contribution in [0.15, 0.2) is 89.3 Å². The van der Waals surface area contributed by atoms with Crippen LogP contribution >= 0.6 is 11.3 Å². The average Bonchev–Trinajstić information content (AvgIpc) is 3.28. The van der Waals surface area contributed by atoms with Crippen LogP contribution in [-0.4, -0.2) is 10.7 Å². The first-order valence-corrected chi connectivity index (χ1v) is 10.8. The molecule has 0 amide bonds. The number of anilines is 1. The van der Waals surface area contributed by atoms with E-state index in [4.69, 9.17) is 4.74 Å². The third-order valence-electron chi connectivity index (χ3n) is 4.73. The highest BCUT2D eigenvalue weighted by Crippen LogP contribution is 2.26. The zero-order valence-corrected chi connectivity index (χ0v) is 17.8. The van der Waals surface area contributed by atoms with Crippen molar-refractivity contribution in [2.24, 2.45) is 5.10 Å². The lowest BCUT2D eigenvalue weighted by Gasteiger charge is -2.06. The number of nitrogens with one attached hydrogen (secondary N) is 1. The summed E-state index contributed by atoms with van der Waals surface area (Å²) in [5.74, 6) is 1.62. The van der Waals surface area contributed by atoms with Crippen molar-refractivity contribution in [2.75, 3.05) is 5.43 Å². The quantitative estimate of drug-likeness (QED) is 0.262. The van der Waals surface area contributed by atoms with Crippen LogP contribution < -0.4 is 10.2 Å². The molecule has 0 fully saturated rings. The second kappa shape index (κ2) is 9.37. The molecule has 0 saturated carbocycles. The van der Waals surface area contributed by atoms with Gasteiger partial charge in [-0.15, -0.1) is 11.3 Å². The Balaban J connectivity index is 1.39. The highest BCUT2D eigenvalue weighted by Gasteiger charge is 2.05. The monoisotopic (exact) mass is 413 g/mol. The predicted octanol–water partition coefficient (Wildman–Crippen LogP) is 7.00. The molecule has 4 nitrogen and oxygen atoms in total. The number of benzene rings is 3. The van der Waals surface area contributed by atoms with E-state index in [1.165, 1.54) is 5.56 Å². The number of nitrogens with zero attached hydrogens (tertiary/aromatic N) is 2. The van der Waals surface area contributed by atoms with Crippen LogP contribution in [0, 0.1) is 0 Å². The number of hydrogen-bond acceptors (Lipinski definition) is 5. The molecule has 4 rings (SSSR count). The van der Waals surface area contributed by atoms with Crippen molar-refractivity contribution < 1.29 is 4.74 Å². The molecule has 0 atom stereocenters. The summed E-state index contributed by atoms with van der Waals surface area (Å²) in [5, 5.41) is 7.30. The Morgan fingerprint density at radius 2 is 1.63 bits per heavy atom. The van der Waals surface area contributed by atoms with E-state index in [1.807, 2.05) is 66.9 Å². The third kappa shape index (κ3) is 4.93. The first-order valence-electron chi connectivity index (χ1n) is 9.90. The lowest BCUT2D eigenvalue weighted by Crippen LogP contribution is -1.99. The van der Waals surface area contributed by atoms with Gasteiger partial charge in [-0.2, -0.15) is 5.10 Å². The van der Waals surface area contributed by atoms with Crippen molar-refractivity contribution in [2.45, 2.75) is 20.3 Å². The first-order chi connectivity index (χ1) is 14.7. The summed E-state index contributed by atoms with van der Waals surface area (Å²) < 4.78 is 5.84. The van der Waals surface area contributed by atoms with Crippen molar-refractivity contribution in [3.63, 3.8) is 0 Å². The van der Waals surface area contributed by atoms with E-state index in [2.05, 4.69) is 46.7 Å². The molecule has 1 aromatic heterocycles. The van der Waals surface area contributed by atoms with Gasteiger partial charge < -0.3 is 4.74 Å². The van der Waals surface area contributed by atoms with Crippen molar-refractivity contribution in [3.05, 3.63) is 95.4 Å². The molecule has 30 heavy (non-hydrogen) atoms. The van der Waals surface area contributed by atoms with Crippen molar-refractivity contribution in [1.82, 2.24) is 4.98 Å². The normalized spacial score (nSPS) is 11.3. The minimum Gasteiger partial charge on any atom is -0.457 e. The molecule has 0 bridgehead atoms. The summed E-state index contributed by atoms with van der Waals surface area (Å²) in [4.78, 5) is 4.64. The van der Waals surface area contributed by atoms with E-state index in [0.717, 1.165) is 45.6 Å². The summed E-state index contributed by atoms with van der Waals surface area (Å²) in [5.41, 5.74) is 8.38. The lowest BCUT2D eigenvalue weighted by molar-refractivity contribution is 0.482. The second-order valence-electron chi connectivity index (χ2n) is 6.84. The van der Waals surface area contributed by atoms with Gasteiger partial charge in [0, 0.05) is 10.9 Å². The minimum atomic E-state index is 0.771. The molecule has 0 radical (unpaired) electrons. The molecule has 0 unspecified atom stereocenters. The maximum atomic E-state index is 5.84. The van der Waals surface area contributed by atoms with Crippen molar-refractivity contribution >= 4 is 22.2 Å². The zero-order valence-electron chi connectivity index (χ0n) is 17.0. The zero-order chi connectivity index (χ0) is 20.8. The van der Waals surface area contributed by atoms with E-state index in [0.29, 0.717) is 0 Å². The Kier molecular flexibility index (Phi) is 6.20. The predicted molar refractivity (Wildman–Crippen MR) is 126 cm³/mol. The first kappa shape index (κ1) is 19.9. The molecular formula is C25H23N3OS. The fourth-order valence-electron chi connectivity index (χ4n) is 2.95. The van der Waals surface area contributed by atoms with Gasteiger partial charge in [0.1, 0.15) is 11.5 Å². The van der Waals surface area contributed by atoms with E-state index < -0.39 is 0 Å². The fraction of sp³-hybridized carbons (Fsp3) is 0.120. The minimum absolute atomic E-state index is 0.771. The Hall–Kier alpha value is -3.44. The van der Waals surface area contributed by atoms with Crippen LogP contribution in [0.5, 0.6) is 11.5 Å². The molecule has 4 aromatic rings. The van der Waals surface area contributed by atoms with E-state index in [-0.39, 0.29) is 0 Å². The maximum absolute atomic E-state index is 5.84. The molecule has 5 heteroatoms.